The summed E-state index contributed by atoms with van der Waals surface area (Å²) in [6.07, 6.45) is 0.613. The van der Waals surface area contributed by atoms with Gasteiger partial charge in [0.25, 0.3) is 0 Å². The van der Waals surface area contributed by atoms with Crippen LogP contribution in [0.2, 0.25) is 0 Å². The van der Waals surface area contributed by atoms with Gasteiger partial charge in [0.05, 0.1) is 6.61 Å². The zero-order valence-corrected chi connectivity index (χ0v) is 8.29. The van der Waals surface area contributed by atoms with Gasteiger partial charge in [0, 0.05) is 6.42 Å². The minimum Gasteiger partial charge on any atom is -0.495 e. The zero-order chi connectivity index (χ0) is 10.2. The van der Waals surface area contributed by atoms with E-state index in [1.54, 1.807) is 0 Å². The van der Waals surface area contributed by atoms with E-state index in [1.165, 1.54) is 5.56 Å². The molecule has 0 saturated carbocycles. The summed E-state index contributed by atoms with van der Waals surface area (Å²) in [4.78, 5) is 0. The molecule has 1 aromatic carbocycles. The van der Waals surface area contributed by atoms with Gasteiger partial charge in [-0.2, -0.15) is 0 Å². The fraction of sp³-hybridized carbons (Fsp3) is 0.333. The Morgan fingerprint density at radius 3 is 2.93 bits per heavy atom. The molecule has 2 nitrogen and oxygen atoms in total. The predicted molar refractivity (Wildman–Crippen MR) is 54.8 cm³/mol. The number of hydrogen-bond donors (Lipinski definition) is 1. The highest BCUT2D eigenvalue weighted by molar-refractivity contribution is 5.47. The molecule has 1 aliphatic rings. The molecule has 0 bridgehead atoms. The summed E-state index contributed by atoms with van der Waals surface area (Å²) in [5.41, 5.74) is 1.15. The van der Waals surface area contributed by atoms with Gasteiger partial charge in [-0.1, -0.05) is 30.8 Å². The predicted octanol–water partition coefficient (Wildman–Crippen LogP) is 1.98. The molecule has 1 aliphatic carbocycles. The number of aliphatic hydroxyl groups is 1. The average molecular weight is 190 g/mol. The Morgan fingerprint density at radius 1 is 1.57 bits per heavy atom. The van der Waals surface area contributed by atoms with Crippen LogP contribution in [0.3, 0.4) is 0 Å². The Morgan fingerprint density at radius 2 is 2.29 bits per heavy atom. The third-order valence-corrected chi connectivity index (χ3v) is 2.69. The van der Waals surface area contributed by atoms with Crippen molar-refractivity contribution in [1.29, 1.82) is 0 Å². The van der Waals surface area contributed by atoms with Gasteiger partial charge in [-0.15, -0.1) is 0 Å². The van der Waals surface area contributed by atoms with Gasteiger partial charge in [-0.25, -0.2) is 0 Å². The molecule has 0 heterocycles. The average Bonchev–Trinajstić information content (AvgIpc) is 2.16. The normalized spacial score (nSPS) is 23.6. The maximum atomic E-state index is 10.2. The fourth-order valence-electron chi connectivity index (χ4n) is 1.88. The first-order chi connectivity index (χ1) is 6.68. The van der Waals surface area contributed by atoms with Crippen molar-refractivity contribution in [1.82, 2.24) is 0 Å². The van der Waals surface area contributed by atoms with Crippen LogP contribution in [-0.2, 0) is 16.8 Å². The van der Waals surface area contributed by atoms with Crippen LogP contribution < -0.4 is 0 Å². The van der Waals surface area contributed by atoms with Gasteiger partial charge in [0.1, 0.15) is 11.4 Å². The molecule has 1 N–H and O–H groups in total. The number of ether oxygens (including phenoxy) is 1. The zero-order valence-electron chi connectivity index (χ0n) is 8.29. The van der Waals surface area contributed by atoms with Crippen molar-refractivity contribution in [2.24, 2.45) is 0 Å². The van der Waals surface area contributed by atoms with Crippen molar-refractivity contribution in [2.45, 2.75) is 18.9 Å². The van der Waals surface area contributed by atoms with Crippen molar-refractivity contribution in [3.05, 3.63) is 47.7 Å². The Balaban J connectivity index is 2.27. The Bertz CT molecular complexity index is 370. The first-order valence-corrected chi connectivity index (χ1v) is 4.81. The van der Waals surface area contributed by atoms with Crippen LogP contribution in [0.4, 0.5) is 0 Å². The Hall–Kier alpha value is -1.28. The highest BCUT2D eigenvalue weighted by Crippen LogP contribution is 2.43. The van der Waals surface area contributed by atoms with Crippen LogP contribution >= 0.6 is 0 Å². The van der Waals surface area contributed by atoms with E-state index in [9.17, 15) is 5.11 Å². The molecule has 14 heavy (non-hydrogen) atoms. The highest BCUT2D eigenvalue weighted by atomic mass is 16.5. The monoisotopic (exact) mass is 190 g/mol. The molecule has 2 rings (SSSR count). The second-order valence-electron chi connectivity index (χ2n) is 3.55. The molecular formula is C12H14O2. The number of benzene rings is 1. The first-order valence-electron chi connectivity index (χ1n) is 4.81. The quantitative estimate of drug-likeness (QED) is 0.738. The number of hydrogen-bond acceptors (Lipinski definition) is 2. The van der Waals surface area contributed by atoms with Crippen molar-refractivity contribution in [2.75, 3.05) is 6.61 Å². The van der Waals surface area contributed by atoms with Crippen molar-refractivity contribution < 1.29 is 9.84 Å². The van der Waals surface area contributed by atoms with E-state index >= 15 is 0 Å². The van der Waals surface area contributed by atoms with E-state index in [0.717, 1.165) is 5.56 Å². The summed E-state index contributed by atoms with van der Waals surface area (Å²) in [5.74, 6) is 0.457. The summed E-state index contributed by atoms with van der Waals surface area (Å²) in [6.45, 7) is 6.20. The molecule has 0 radical (unpaired) electrons. The minimum absolute atomic E-state index is 0.457. The lowest BCUT2D eigenvalue weighted by Crippen LogP contribution is -2.40. The molecule has 1 atom stereocenters. The molecule has 0 aromatic heterocycles. The topological polar surface area (TPSA) is 29.5 Å². The maximum Gasteiger partial charge on any atom is 0.150 e. The minimum atomic E-state index is -0.952. The number of rotatable bonds is 3. The Labute approximate surface area is 83.8 Å². The number of fused-ring (bicyclic) bond motifs is 1. The van der Waals surface area contributed by atoms with Crippen molar-refractivity contribution in [3.8, 4) is 0 Å². The van der Waals surface area contributed by atoms with E-state index in [2.05, 4.69) is 6.58 Å². The van der Waals surface area contributed by atoms with Gasteiger partial charge in [-0.3, -0.25) is 0 Å². The lowest BCUT2D eigenvalue weighted by Gasteiger charge is -2.40. The van der Waals surface area contributed by atoms with Gasteiger partial charge in [-0.05, 0) is 18.1 Å². The van der Waals surface area contributed by atoms with Crippen LogP contribution in [0.25, 0.3) is 0 Å². The molecule has 0 unspecified atom stereocenters. The Kier molecular flexibility index (Phi) is 2.08. The summed E-state index contributed by atoms with van der Waals surface area (Å²) in [6, 6.07) is 7.83. The molecule has 0 spiro atoms. The van der Waals surface area contributed by atoms with E-state index in [0.29, 0.717) is 18.8 Å². The third kappa shape index (κ3) is 1.15. The molecule has 2 heteroatoms. The molecule has 0 saturated heterocycles. The van der Waals surface area contributed by atoms with Gasteiger partial charge >= 0.3 is 0 Å². The lowest BCUT2D eigenvalue weighted by atomic mass is 9.72. The second-order valence-corrected chi connectivity index (χ2v) is 3.55. The van der Waals surface area contributed by atoms with Gasteiger partial charge < -0.3 is 9.84 Å². The second kappa shape index (κ2) is 3.14. The maximum absolute atomic E-state index is 10.2. The molecule has 1 aromatic rings. The smallest absolute Gasteiger partial charge is 0.150 e. The first kappa shape index (κ1) is 9.28. The SMILES string of the molecule is C=C(OCC)[C@]1(O)Cc2ccccc21. The van der Waals surface area contributed by atoms with E-state index in [-0.39, 0.29) is 0 Å². The van der Waals surface area contributed by atoms with Crippen molar-refractivity contribution in [3.63, 3.8) is 0 Å². The van der Waals surface area contributed by atoms with Gasteiger partial charge in [0.15, 0.2) is 0 Å². The molecular weight excluding hydrogens is 176 g/mol. The van der Waals surface area contributed by atoms with E-state index < -0.39 is 5.60 Å². The summed E-state index contributed by atoms with van der Waals surface area (Å²) < 4.78 is 5.26. The van der Waals surface area contributed by atoms with Crippen LogP contribution in [0.5, 0.6) is 0 Å². The molecule has 0 amide bonds. The molecule has 74 valence electrons. The summed E-state index contributed by atoms with van der Waals surface area (Å²) in [5, 5.41) is 10.2. The van der Waals surface area contributed by atoms with Crippen molar-refractivity contribution >= 4 is 0 Å². The van der Waals surface area contributed by atoms with Gasteiger partial charge in [0.2, 0.25) is 0 Å². The van der Waals surface area contributed by atoms with E-state index in [1.807, 2.05) is 31.2 Å². The third-order valence-electron chi connectivity index (χ3n) is 2.69. The van der Waals surface area contributed by atoms with E-state index in [4.69, 9.17) is 4.74 Å². The standard InChI is InChI=1S/C12H14O2/c1-3-14-9(2)12(13)8-10-6-4-5-7-11(10)12/h4-7,13H,2-3,8H2,1H3/t12-/m1/s1. The van der Waals surface area contributed by atoms with Crippen LogP contribution in [0.1, 0.15) is 18.1 Å². The highest BCUT2D eigenvalue weighted by Gasteiger charge is 2.44. The van der Waals surface area contributed by atoms with Crippen LogP contribution in [0, 0.1) is 0 Å². The van der Waals surface area contributed by atoms with Crippen LogP contribution in [0.15, 0.2) is 36.6 Å². The fourth-order valence-corrected chi connectivity index (χ4v) is 1.88. The summed E-state index contributed by atoms with van der Waals surface area (Å²) in [7, 11) is 0. The lowest BCUT2D eigenvalue weighted by molar-refractivity contribution is -0.00895. The summed E-state index contributed by atoms with van der Waals surface area (Å²) >= 11 is 0. The molecule has 0 fully saturated rings. The largest absolute Gasteiger partial charge is 0.495 e. The van der Waals surface area contributed by atoms with Crippen LogP contribution in [-0.4, -0.2) is 11.7 Å². The molecule has 0 aliphatic heterocycles.